The molecule has 0 radical (unpaired) electrons. The molecule has 1 heterocycles. The van der Waals surface area contributed by atoms with E-state index in [0.29, 0.717) is 19.1 Å². The number of carbonyl (C=O) groups excluding carboxylic acids is 1. The Morgan fingerprint density at radius 1 is 1.30 bits per heavy atom. The number of carbonyl (C=O) groups is 1. The number of ether oxygens (including phenoxy) is 2. The second kappa shape index (κ2) is 9.32. The average molecular weight is 286 g/mol. The molecule has 1 saturated heterocycles. The molecule has 0 aromatic carbocycles. The predicted molar refractivity (Wildman–Crippen MR) is 79.5 cm³/mol. The number of nitrogens with zero attached hydrogens (tertiary/aromatic N) is 1. The van der Waals surface area contributed by atoms with Gasteiger partial charge in [0.1, 0.15) is 0 Å². The summed E-state index contributed by atoms with van der Waals surface area (Å²) in [7, 11) is 1.67. The molecule has 1 aliphatic rings. The highest BCUT2D eigenvalue weighted by molar-refractivity contribution is 5.84. The van der Waals surface area contributed by atoms with Gasteiger partial charge in [0.05, 0.1) is 25.4 Å². The number of methoxy groups -OCH3 is 1. The molecule has 3 unspecified atom stereocenters. The molecule has 0 bridgehead atoms. The molecule has 0 spiro atoms. The molecular formula is C15H30N2O3. The topological polar surface area (TPSA) is 50.8 Å². The monoisotopic (exact) mass is 286 g/mol. The van der Waals surface area contributed by atoms with Crippen molar-refractivity contribution >= 4 is 5.91 Å². The molecule has 20 heavy (non-hydrogen) atoms. The van der Waals surface area contributed by atoms with E-state index in [1.165, 1.54) is 0 Å². The summed E-state index contributed by atoms with van der Waals surface area (Å²) in [6.07, 6.45) is 3.14. The summed E-state index contributed by atoms with van der Waals surface area (Å²) >= 11 is 0. The molecule has 5 heteroatoms. The number of hydrogen-bond acceptors (Lipinski definition) is 4. The molecule has 0 saturated carbocycles. The molecule has 118 valence electrons. The lowest BCUT2D eigenvalue weighted by Gasteiger charge is -2.20. The summed E-state index contributed by atoms with van der Waals surface area (Å²) < 4.78 is 10.3. The van der Waals surface area contributed by atoms with E-state index in [9.17, 15) is 4.79 Å². The summed E-state index contributed by atoms with van der Waals surface area (Å²) in [4.78, 5) is 14.3. The first-order valence-corrected chi connectivity index (χ1v) is 7.75. The number of nitrogens with one attached hydrogen (secondary N) is 1. The van der Waals surface area contributed by atoms with Crippen molar-refractivity contribution in [1.29, 1.82) is 0 Å². The van der Waals surface area contributed by atoms with E-state index in [2.05, 4.69) is 26.1 Å². The molecular weight excluding hydrogens is 256 g/mol. The lowest BCUT2D eigenvalue weighted by Crippen LogP contribution is -2.36. The van der Waals surface area contributed by atoms with Crippen molar-refractivity contribution in [3.05, 3.63) is 0 Å². The summed E-state index contributed by atoms with van der Waals surface area (Å²) in [6.45, 7) is 9.17. The normalized spacial score (nSPS) is 24.4. The molecule has 1 N–H and O–H groups in total. The lowest BCUT2D eigenvalue weighted by atomic mass is 9.99. The van der Waals surface area contributed by atoms with Gasteiger partial charge < -0.3 is 14.4 Å². The van der Waals surface area contributed by atoms with E-state index in [1.807, 2.05) is 4.90 Å². The molecule has 0 aromatic rings. The Labute approximate surface area is 123 Å². The fourth-order valence-corrected chi connectivity index (χ4v) is 2.47. The summed E-state index contributed by atoms with van der Waals surface area (Å²) in [5, 5.41) is 3.40. The van der Waals surface area contributed by atoms with Crippen LogP contribution in [0.2, 0.25) is 0 Å². The lowest BCUT2D eigenvalue weighted by molar-refractivity contribution is -0.130. The molecule has 1 fully saturated rings. The first-order valence-electron chi connectivity index (χ1n) is 7.75. The summed E-state index contributed by atoms with van der Waals surface area (Å²) in [6, 6.07) is -0.00653. The average Bonchev–Trinajstić information content (AvgIpc) is 2.73. The minimum atomic E-state index is -0.00653. The zero-order valence-electron chi connectivity index (χ0n) is 13.4. The number of rotatable bonds is 10. The van der Waals surface area contributed by atoms with Gasteiger partial charge in [0.25, 0.3) is 0 Å². The van der Waals surface area contributed by atoms with Crippen LogP contribution in [0, 0.1) is 5.92 Å². The number of hydrogen-bond donors (Lipinski definition) is 1. The molecule has 3 atom stereocenters. The van der Waals surface area contributed by atoms with Crippen molar-refractivity contribution in [3.63, 3.8) is 0 Å². The maximum atomic E-state index is 12.3. The van der Waals surface area contributed by atoms with Crippen LogP contribution in [0.1, 0.15) is 40.0 Å². The second-order valence-corrected chi connectivity index (χ2v) is 5.55. The van der Waals surface area contributed by atoms with Crippen LogP contribution in [0.4, 0.5) is 0 Å². The highest BCUT2D eigenvalue weighted by Crippen LogP contribution is 2.19. The maximum Gasteiger partial charge on any atom is 0.241 e. The highest BCUT2D eigenvalue weighted by Gasteiger charge is 2.38. The Morgan fingerprint density at radius 3 is 2.70 bits per heavy atom. The maximum absolute atomic E-state index is 12.3. The van der Waals surface area contributed by atoms with Crippen LogP contribution in [0.5, 0.6) is 0 Å². The van der Waals surface area contributed by atoms with Gasteiger partial charge in [0.15, 0.2) is 0 Å². The SMILES string of the molecule is CCC(C)C1NC(C)N(CCCCOCCOC)C1=O. The minimum absolute atomic E-state index is 0.00653. The Bertz CT molecular complexity index is 286. The van der Waals surface area contributed by atoms with Gasteiger partial charge in [-0.1, -0.05) is 20.3 Å². The molecule has 0 aromatic heterocycles. The Kier molecular flexibility index (Phi) is 8.11. The van der Waals surface area contributed by atoms with Crippen LogP contribution in [0.25, 0.3) is 0 Å². The van der Waals surface area contributed by atoms with Crippen LogP contribution in [-0.4, -0.2) is 56.5 Å². The van der Waals surface area contributed by atoms with Crippen molar-refractivity contribution in [1.82, 2.24) is 10.2 Å². The van der Waals surface area contributed by atoms with Gasteiger partial charge in [-0.3, -0.25) is 10.1 Å². The molecule has 1 rings (SSSR count). The van der Waals surface area contributed by atoms with Gasteiger partial charge in [-0.15, -0.1) is 0 Å². The van der Waals surface area contributed by atoms with E-state index >= 15 is 0 Å². The van der Waals surface area contributed by atoms with Gasteiger partial charge in [-0.05, 0) is 25.7 Å². The van der Waals surface area contributed by atoms with Crippen LogP contribution >= 0.6 is 0 Å². The first-order chi connectivity index (χ1) is 9.61. The van der Waals surface area contributed by atoms with E-state index in [0.717, 1.165) is 32.4 Å². The Morgan fingerprint density at radius 2 is 2.05 bits per heavy atom. The molecule has 5 nitrogen and oxygen atoms in total. The van der Waals surface area contributed by atoms with Crippen LogP contribution in [-0.2, 0) is 14.3 Å². The smallest absolute Gasteiger partial charge is 0.241 e. The largest absolute Gasteiger partial charge is 0.382 e. The highest BCUT2D eigenvalue weighted by atomic mass is 16.5. The standard InChI is InChI=1S/C15H30N2O3/c1-5-12(2)14-15(18)17(13(3)16-14)8-6-7-9-20-11-10-19-4/h12-14,16H,5-11H2,1-4H3. The van der Waals surface area contributed by atoms with Gasteiger partial charge >= 0.3 is 0 Å². The zero-order valence-corrected chi connectivity index (χ0v) is 13.4. The summed E-state index contributed by atoms with van der Waals surface area (Å²) in [5.41, 5.74) is 0. The third-order valence-electron chi connectivity index (χ3n) is 4.02. The third-order valence-corrected chi connectivity index (χ3v) is 4.02. The van der Waals surface area contributed by atoms with Crippen molar-refractivity contribution in [3.8, 4) is 0 Å². The van der Waals surface area contributed by atoms with E-state index in [4.69, 9.17) is 9.47 Å². The van der Waals surface area contributed by atoms with E-state index in [-0.39, 0.29) is 18.1 Å². The van der Waals surface area contributed by atoms with E-state index < -0.39 is 0 Å². The number of unbranched alkanes of at least 4 members (excludes halogenated alkanes) is 1. The van der Waals surface area contributed by atoms with Crippen LogP contribution < -0.4 is 5.32 Å². The van der Waals surface area contributed by atoms with E-state index in [1.54, 1.807) is 7.11 Å². The van der Waals surface area contributed by atoms with Crippen LogP contribution in [0.3, 0.4) is 0 Å². The van der Waals surface area contributed by atoms with Crippen molar-refractivity contribution in [2.45, 2.75) is 52.2 Å². The Balaban J connectivity index is 2.21. The van der Waals surface area contributed by atoms with Gasteiger partial charge in [-0.2, -0.15) is 0 Å². The van der Waals surface area contributed by atoms with Gasteiger partial charge in [0.2, 0.25) is 5.91 Å². The third kappa shape index (κ3) is 5.04. The van der Waals surface area contributed by atoms with Crippen LogP contribution in [0.15, 0.2) is 0 Å². The van der Waals surface area contributed by atoms with Gasteiger partial charge in [0, 0.05) is 20.3 Å². The van der Waals surface area contributed by atoms with Crippen molar-refractivity contribution < 1.29 is 14.3 Å². The number of amides is 1. The summed E-state index contributed by atoms with van der Waals surface area (Å²) in [5.74, 6) is 0.652. The molecule has 0 aliphatic carbocycles. The van der Waals surface area contributed by atoms with Crippen molar-refractivity contribution in [2.75, 3.05) is 33.5 Å². The fourth-order valence-electron chi connectivity index (χ4n) is 2.47. The molecule has 1 aliphatic heterocycles. The second-order valence-electron chi connectivity index (χ2n) is 5.55. The van der Waals surface area contributed by atoms with Gasteiger partial charge in [-0.25, -0.2) is 0 Å². The minimum Gasteiger partial charge on any atom is -0.382 e. The first kappa shape index (κ1) is 17.4. The Hall–Kier alpha value is -0.650. The predicted octanol–water partition coefficient (Wildman–Crippen LogP) is 1.62. The zero-order chi connectivity index (χ0) is 15.0. The fraction of sp³-hybridized carbons (Fsp3) is 0.933. The molecule has 1 amide bonds. The quantitative estimate of drug-likeness (QED) is 0.620. The van der Waals surface area contributed by atoms with Crippen molar-refractivity contribution in [2.24, 2.45) is 5.92 Å².